The van der Waals surface area contributed by atoms with Crippen molar-refractivity contribution in [2.75, 3.05) is 39.4 Å². The van der Waals surface area contributed by atoms with Crippen LogP contribution in [0.25, 0.3) is 0 Å². The molecule has 0 saturated carbocycles. The Kier molecular flexibility index (Phi) is 7.86. The highest BCUT2D eigenvalue weighted by Crippen LogP contribution is 2.15. The zero-order chi connectivity index (χ0) is 22.1. The third kappa shape index (κ3) is 6.47. The Morgan fingerprint density at radius 3 is 2.13 bits per heavy atom. The van der Waals surface area contributed by atoms with E-state index in [1.807, 2.05) is 30.3 Å². The second kappa shape index (κ2) is 11.0. The Balaban J connectivity index is 1.41. The molecule has 2 aromatic rings. The standard InChI is InChI=1S/C23H26N2O6/c1-2-29-23(28)25-14-12-24(13-15-25)21(26)17-31-22(27)19-8-10-20(11-9-19)30-16-18-6-4-3-5-7-18/h3-11H,2,12-17H2,1H3. The second-order valence-electron chi connectivity index (χ2n) is 6.94. The van der Waals surface area contributed by atoms with E-state index in [1.165, 1.54) is 0 Å². The van der Waals surface area contributed by atoms with E-state index in [4.69, 9.17) is 14.2 Å². The summed E-state index contributed by atoms with van der Waals surface area (Å²) in [5.74, 6) is -0.233. The Morgan fingerprint density at radius 1 is 0.839 bits per heavy atom. The molecule has 0 unspecified atom stereocenters. The molecule has 0 radical (unpaired) electrons. The Bertz CT molecular complexity index is 877. The summed E-state index contributed by atoms with van der Waals surface area (Å²) in [5, 5.41) is 0. The molecule has 0 aromatic heterocycles. The van der Waals surface area contributed by atoms with Gasteiger partial charge in [-0.25, -0.2) is 9.59 Å². The highest BCUT2D eigenvalue weighted by atomic mass is 16.6. The lowest BCUT2D eigenvalue weighted by Gasteiger charge is -2.33. The molecule has 1 fully saturated rings. The monoisotopic (exact) mass is 426 g/mol. The molecule has 0 bridgehead atoms. The van der Waals surface area contributed by atoms with E-state index >= 15 is 0 Å². The molecule has 1 saturated heterocycles. The number of rotatable bonds is 7. The van der Waals surface area contributed by atoms with Crippen molar-refractivity contribution in [1.82, 2.24) is 9.80 Å². The Morgan fingerprint density at radius 2 is 1.48 bits per heavy atom. The van der Waals surface area contributed by atoms with Crippen molar-refractivity contribution in [2.45, 2.75) is 13.5 Å². The number of carbonyl (C=O) groups is 3. The molecule has 0 N–H and O–H groups in total. The van der Waals surface area contributed by atoms with Crippen LogP contribution in [-0.4, -0.2) is 67.2 Å². The lowest BCUT2D eigenvalue weighted by atomic mass is 10.2. The third-order valence-corrected chi connectivity index (χ3v) is 4.82. The van der Waals surface area contributed by atoms with Gasteiger partial charge in [-0.05, 0) is 36.8 Å². The minimum atomic E-state index is -0.576. The summed E-state index contributed by atoms with van der Waals surface area (Å²) < 4.78 is 15.8. The summed E-state index contributed by atoms with van der Waals surface area (Å²) in [7, 11) is 0. The molecule has 8 heteroatoms. The Labute approximate surface area is 181 Å². The topological polar surface area (TPSA) is 85.4 Å². The van der Waals surface area contributed by atoms with Crippen LogP contribution in [-0.2, 0) is 20.9 Å². The summed E-state index contributed by atoms with van der Waals surface area (Å²) in [6.07, 6.45) is -0.378. The predicted octanol–water partition coefficient (Wildman–Crippen LogP) is 2.72. The van der Waals surface area contributed by atoms with E-state index in [0.29, 0.717) is 50.7 Å². The number of hydrogen-bond donors (Lipinski definition) is 0. The number of ether oxygens (including phenoxy) is 3. The first-order valence-electron chi connectivity index (χ1n) is 10.2. The molecular weight excluding hydrogens is 400 g/mol. The number of esters is 1. The maximum atomic E-state index is 12.3. The first-order valence-corrected chi connectivity index (χ1v) is 10.2. The SMILES string of the molecule is CCOC(=O)N1CCN(C(=O)COC(=O)c2ccc(OCc3ccccc3)cc2)CC1. The lowest BCUT2D eigenvalue weighted by molar-refractivity contribution is -0.136. The fraction of sp³-hybridized carbons (Fsp3) is 0.348. The van der Waals surface area contributed by atoms with Crippen molar-refractivity contribution in [2.24, 2.45) is 0 Å². The van der Waals surface area contributed by atoms with Gasteiger partial charge in [0.05, 0.1) is 12.2 Å². The largest absolute Gasteiger partial charge is 0.489 e. The van der Waals surface area contributed by atoms with E-state index in [0.717, 1.165) is 5.56 Å². The normalized spacial score (nSPS) is 13.5. The van der Waals surface area contributed by atoms with Crippen LogP contribution in [0.2, 0.25) is 0 Å². The van der Waals surface area contributed by atoms with Crippen LogP contribution in [0.1, 0.15) is 22.8 Å². The summed E-state index contributed by atoms with van der Waals surface area (Å²) in [6, 6.07) is 16.4. The van der Waals surface area contributed by atoms with Gasteiger partial charge in [0.1, 0.15) is 12.4 Å². The molecule has 3 rings (SSSR count). The highest BCUT2D eigenvalue weighted by molar-refractivity contribution is 5.91. The van der Waals surface area contributed by atoms with Crippen molar-refractivity contribution < 1.29 is 28.6 Å². The van der Waals surface area contributed by atoms with Crippen molar-refractivity contribution in [1.29, 1.82) is 0 Å². The van der Waals surface area contributed by atoms with Gasteiger partial charge in [-0.1, -0.05) is 30.3 Å². The predicted molar refractivity (Wildman–Crippen MR) is 113 cm³/mol. The highest BCUT2D eigenvalue weighted by Gasteiger charge is 2.25. The van der Waals surface area contributed by atoms with E-state index < -0.39 is 5.97 Å². The zero-order valence-corrected chi connectivity index (χ0v) is 17.5. The fourth-order valence-electron chi connectivity index (χ4n) is 3.08. The van der Waals surface area contributed by atoms with E-state index in [9.17, 15) is 14.4 Å². The molecule has 1 aliphatic rings. The number of hydrogen-bond acceptors (Lipinski definition) is 6. The van der Waals surface area contributed by atoms with Crippen LogP contribution in [0.15, 0.2) is 54.6 Å². The number of piperazine rings is 1. The average molecular weight is 426 g/mol. The molecule has 164 valence electrons. The molecule has 31 heavy (non-hydrogen) atoms. The van der Waals surface area contributed by atoms with Gasteiger partial charge in [0.25, 0.3) is 5.91 Å². The maximum absolute atomic E-state index is 12.3. The lowest BCUT2D eigenvalue weighted by Crippen LogP contribution is -2.51. The van der Waals surface area contributed by atoms with Gasteiger partial charge in [0.15, 0.2) is 6.61 Å². The van der Waals surface area contributed by atoms with Crippen LogP contribution in [0.3, 0.4) is 0 Å². The first-order chi connectivity index (χ1) is 15.1. The van der Waals surface area contributed by atoms with Gasteiger partial charge in [0, 0.05) is 26.2 Å². The summed E-state index contributed by atoms with van der Waals surface area (Å²) in [4.78, 5) is 39.4. The van der Waals surface area contributed by atoms with Crippen LogP contribution >= 0.6 is 0 Å². The van der Waals surface area contributed by atoms with E-state index in [1.54, 1.807) is 41.0 Å². The van der Waals surface area contributed by atoms with Gasteiger partial charge in [-0.3, -0.25) is 4.79 Å². The van der Waals surface area contributed by atoms with Crippen molar-refractivity contribution in [3.63, 3.8) is 0 Å². The van der Waals surface area contributed by atoms with Crippen molar-refractivity contribution >= 4 is 18.0 Å². The van der Waals surface area contributed by atoms with E-state index in [2.05, 4.69) is 0 Å². The number of benzene rings is 2. The Hall–Kier alpha value is -3.55. The summed E-state index contributed by atoms with van der Waals surface area (Å²) >= 11 is 0. The van der Waals surface area contributed by atoms with Crippen LogP contribution in [0, 0.1) is 0 Å². The molecule has 0 spiro atoms. The molecule has 2 aromatic carbocycles. The summed E-state index contributed by atoms with van der Waals surface area (Å²) in [5.41, 5.74) is 1.39. The van der Waals surface area contributed by atoms with Gasteiger partial charge in [-0.15, -0.1) is 0 Å². The average Bonchev–Trinajstić information content (AvgIpc) is 2.82. The van der Waals surface area contributed by atoms with Crippen LogP contribution in [0.4, 0.5) is 4.79 Å². The van der Waals surface area contributed by atoms with Gasteiger partial charge in [0.2, 0.25) is 0 Å². The van der Waals surface area contributed by atoms with Gasteiger partial charge in [-0.2, -0.15) is 0 Å². The minimum Gasteiger partial charge on any atom is -0.489 e. The molecule has 1 aliphatic heterocycles. The smallest absolute Gasteiger partial charge is 0.409 e. The molecule has 1 heterocycles. The van der Waals surface area contributed by atoms with E-state index in [-0.39, 0.29) is 18.6 Å². The minimum absolute atomic E-state index is 0.292. The maximum Gasteiger partial charge on any atom is 0.409 e. The molecule has 8 nitrogen and oxygen atoms in total. The van der Waals surface area contributed by atoms with Crippen LogP contribution < -0.4 is 4.74 Å². The van der Waals surface area contributed by atoms with Gasteiger partial charge < -0.3 is 24.0 Å². The third-order valence-electron chi connectivity index (χ3n) is 4.82. The van der Waals surface area contributed by atoms with Crippen molar-refractivity contribution in [3.05, 3.63) is 65.7 Å². The zero-order valence-electron chi connectivity index (χ0n) is 17.5. The van der Waals surface area contributed by atoms with Crippen molar-refractivity contribution in [3.8, 4) is 5.75 Å². The quantitative estimate of drug-likeness (QED) is 0.633. The first kappa shape index (κ1) is 22.1. The number of nitrogens with zero attached hydrogens (tertiary/aromatic N) is 2. The number of amides is 2. The molecule has 0 atom stereocenters. The second-order valence-corrected chi connectivity index (χ2v) is 6.94. The van der Waals surface area contributed by atoms with Gasteiger partial charge >= 0.3 is 12.1 Å². The number of carbonyl (C=O) groups excluding carboxylic acids is 3. The molecule has 2 amide bonds. The van der Waals surface area contributed by atoms with Crippen LogP contribution in [0.5, 0.6) is 5.75 Å². The molecule has 0 aliphatic carbocycles. The summed E-state index contributed by atoms with van der Waals surface area (Å²) in [6.45, 7) is 3.69. The fourth-order valence-corrected chi connectivity index (χ4v) is 3.08. The molecular formula is C23H26N2O6.